The van der Waals surface area contributed by atoms with E-state index in [2.05, 4.69) is 24.5 Å². The first-order valence-corrected chi connectivity index (χ1v) is 8.45. The lowest BCUT2D eigenvalue weighted by Crippen LogP contribution is -2.35. The number of benzene rings is 1. The maximum Gasteiger partial charge on any atom is 0.348 e. The van der Waals surface area contributed by atoms with Gasteiger partial charge >= 0.3 is 5.97 Å². The van der Waals surface area contributed by atoms with Crippen molar-refractivity contribution in [2.45, 2.75) is 32.7 Å². The summed E-state index contributed by atoms with van der Waals surface area (Å²) >= 11 is 6.75. The van der Waals surface area contributed by atoms with Crippen LogP contribution in [-0.2, 0) is 4.74 Å². The van der Waals surface area contributed by atoms with Crippen LogP contribution in [0.15, 0.2) is 24.3 Å². The quantitative estimate of drug-likeness (QED) is 0.634. The van der Waals surface area contributed by atoms with E-state index in [9.17, 15) is 4.79 Å². The Hall–Kier alpha value is -1.66. The molecule has 0 saturated heterocycles. The zero-order valence-corrected chi connectivity index (χ0v) is 14.6. The highest BCUT2D eigenvalue weighted by molar-refractivity contribution is 7.80. The van der Waals surface area contributed by atoms with Crippen LogP contribution in [0.25, 0.3) is 10.1 Å². The number of carbonyl (C=O) groups excluding carboxylic acids is 1. The number of carbonyl (C=O) groups is 1. The molecule has 1 atom stereocenters. The summed E-state index contributed by atoms with van der Waals surface area (Å²) in [6, 6.07) is 8.11. The number of hydrogen-bond acceptors (Lipinski definition) is 4. The Kier molecular flexibility index (Phi) is 5.74. The van der Waals surface area contributed by atoms with Gasteiger partial charge in [-0.2, -0.15) is 0 Å². The highest BCUT2D eigenvalue weighted by atomic mass is 32.1. The van der Waals surface area contributed by atoms with Crippen molar-refractivity contribution in [1.82, 2.24) is 5.32 Å². The van der Waals surface area contributed by atoms with Crippen LogP contribution in [0.1, 0.15) is 36.4 Å². The van der Waals surface area contributed by atoms with Gasteiger partial charge in [0.05, 0.1) is 7.11 Å². The maximum atomic E-state index is 11.6. The zero-order chi connectivity index (χ0) is 16.1. The minimum Gasteiger partial charge on any atom is -0.465 e. The van der Waals surface area contributed by atoms with Gasteiger partial charge in [0.1, 0.15) is 4.88 Å². The fourth-order valence-electron chi connectivity index (χ4n) is 2.22. The van der Waals surface area contributed by atoms with Gasteiger partial charge < -0.3 is 15.4 Å². The molecule has 4 nitrogen and oxygen atoms in total. The molecule has 0 spiro atoms. The molecular formula is C16H20N2O2S2. The second kappa shape index (κ2) is 7.56. The topological polar surface area (TPSA) is 50.4 Å². The minimum absolute atomic E-state index is 0.304. The van der Waals surface area contributed by atoms with Crippen molar-refractivity contribution < 1.29 is 9.53 Å². The molecule has 6 heteroatoms. The Balaban J connectivity index is 2.09. The lowest BCUT2D eigenvalue weighted by molar-refractivity contribution is 0.0606. The first-order valence-electron chi connectivity index (χ1n) is 7.23. The monoisotopic (exact) mass is 336 g/mol. The molecule has 2 aromatic rings. The molecule has 22 heavy (non-hydrogen) atoms. The summed E-state index contributed by atoms with van der Waals surface area (Å²) in [5.74, 6) is -0.304. The smallest absolute Gasteiger partial charge is 0.348 e. The number of fused-ring (bicyclic) bond motifs is 1. The van der Waals surface area contributed by atoms with Crippen LogP contribution in [-0.4, -0.2) is 24.2 Å². The van der Waals surface area contributed by atoms with Gasteiger partial charge in [0.25, 0.3) is 0 Å². The van der Waals surface area contributed by atoms with E-state index in [-0.39, 0.29) is 5.97 Å². The summed E-state index contributed by atoms with van der Waals surface area (Å²) in [4.78, 5) is 12.2. The van der Waals surface area contributed by atoms with Gasteiger partial charge in [0.15, 0.2) is 5.11 Å². The lowest BCUT2D eigenvalue weighted by Gasteiger charge is -2.16. The molecule has 0 amide bonds. The van der Waals surface area contributed by atoms with Crippen LogP contribution in [0.2, 0.25) is 0 Å². The van der Waals surface area contributed by atoms with Crippen molar-refractivity contribution in [3.05, 3.63) is 29.1 Å². The average Bonchev–Trinajstić information content (AvgIpc) is 2.89. The maximum absolute atomic E-state index is 11.6. The molecule has 2 N–H and O–H groups in total. The molecule has 1 aromatic heterocycles. The van der Waals surface area contributed by atoms with Crippen molar-refractivity contribution in [2.24, 2.45) is 0 Å². The Morgan fingerprint density at radius 1 is 1.41 bits per heavy atom. The number of thiophene rings is 1. The van der Waals surface area contributed by atoms with Crippen molar-refractivity contribution in [2.75, 3.05) is 12.4 Å². The van der Waals surface area contributed by atoms with E-state index in [0.29, 0.717) is 16.0 Å². The van der Waals surface area contributed by atoms with Gasteiger partial charge in [-0.25, -0.2) is 4.79 Å². The second-order valence-electron chi connectivity index (χ2n) is 5.14. The largest absolute Gasteiger partial charge is 0.465 e. The predicted octanol–water partition coefficient (Wildman–Crippen LogP) is 4.16. The molecule has 2 rings (SSSR count). The Morgan fingerprint density at radius 3 is 2.86 bits per heavy atom. The fraction of sp³-hybridized carbons (Fsp3) is 0.375. The van der Waals surface area contributed by atoms with Crippen molar-refractivity contribution in [3.63, 3.8) is 0 Å². The summed E-state index contributed by atoms with van der Waals surface area (Å²) in [6.07, 6.45) is 2.20. The first kappa shape index (κ1) is 16.7. The van der Waals surface area contributed by atoms with Gasteiger partial charge in [-0.1, -0.05) is 13.3 Å². The van der Waals surface area contributed by atoms with E-state index in [4.69, 9.17) is 17.0 Å². The van der Waals surface area contributed by atoms with Crippen LogP contribution < -0.4 is 10.6 Å². The van der Waals surface area contributed by atoms with E-state index in [1.807, 2.05) is 24.3 Å². The molecule has 0 aliphatic rings. The first-order chi connectivity index (χ1) is 10.5. The highest BCUT2D eigenvalue weighted by Gasteiger charge is 2.11. The molecule has 1 heterocycles. The normalized spacial score (nSPS) is 12.0. The van der Waals surface area contributed by atoms with Crippen LogP contribution in [0.4, 0.5) is 5.69 Å². The van der Waals surface area contributed by atoms with E-state index in [1.165, 1.54) is 18.4 Å². The van der Waals surface area contributed by atoms with Gasteiger partial charge in [-0.3, -0.25) is 0 Å². The number of nitrogens with one attached hydrogen (secondary N) is 2. The average molecular weight is 336 g/mol. The number of hydrogen-bond donors (Lipinski definition) is 2. The number of anilines is 1. The summed E-state index contributed by atoms with van der Waals surface area (Å²) in [6.45, 7) is 4.26. The van der Waals surface area contributed by atoms with Gasteiger partial charge in [-0.05, 0) is 55.2 Å². The highest BCUT2D eigenvalue weighted by Crippen LogP contribution is 2.28. The Bertz CT molecular complexity index is 682. The van der Waals surface area contributed by atoms with Gasteiger partial charge in [0, 0.05) is 16.4 Å². The summed E-state index contributed by atoms with van der Waals surface area (Å²) in [7, 11) is 1.39. The third-order valence-corrected chi connectivity index (χ3v) is 4.58. The molecule has 0 aliphatic heterocycles. The molecule has 0 bridgehead atoms. The number of esters is 1. The van der Waals surface area contributed by atoms with Crippen molar-refractivity contribution >= 4 is 50.4 Å². The summed E-state index contributed by atoms with van der Waals surface area (Å²) in [5, 5.41) is 8.06. The Labute approximate surface area is 139 Å². The third kappa shape index (κ3) is 4.18. The van der Waals surface area contributed by atoms with E-state index in [0.717, 1.165) is 28.6 Å². The second-order valence-corrected chi connectivity index (χ2v) is 6.64. The van der Waals surface area contributed by atoms with Crippen LogP contribution in [0, 0.1) is 0 Å². The van der Waals surface area contributed by atoms with Gasteiger partial charge in [-0.15, -0.1) is 11.3 Å². The minimum atomic E-state index is -0.304. The number of methoxy groups -OCH3 is 1. The predicted molar refractivity (Wildman–Crippen MR) is 96.9 cm³/mol. The zero-order valence-electron chi connectivity index (χ0n) is 12.9. The molecule has 0 aliphatic carbocycles. The Morgan fingerprint density at radius 2 is 2.18 bits per heavy atom. The van der Waals surface area contributed by atoms with Gasteiger partial charge in [0.2, 0.25) is 0 Å². The van der Waals surface area contributed by atoms with Crippen LogP contribution in [0.3, 0.4) is 0 Å². The van der Waals surface area contributed by atoms with Crippen molar-refractivity contribution in [3.8, 4) is 0 Å². The lowest BCUT2D eigenvalue weighted by atomic mass is 10.2. The molecule has 0 radical (unpaired) electrons. The number of ether oxygens (including phenoxy) is 1. The molecule has 0 fully saturated rings. The summed E-state index contributed by atoms with van der Waals surface area (Å²) in [5.41, 5.74) is 0.905. The molecule has 1 aromatic carbocycles. The third-order valence-electron chi connectivity index (χ3n) is 3.26. The SMILES string of the molecule is CCC[C@H](C)NC(=S)Nc1ccc2sc(C(=O)OC)cc2c1. The van der Waals surface area contributed by atoms with Crippen molar-refractivity contribution in [1.29, 1.82) is 0 Å². The van der Waals surface area contributed by atoms with E-state index in [1.54, 1.807) is 0 Å². The van der Waals surface area contributed by atoms with Crippen LogP contribution >= 0.6 is 23.6 Å². The molecule has 118 valence electrons. The number of thiocarbonyl (C=S) groups is 1. The van der Waals surface area contributed by atoms with E-state index >= 15 is 0 Å². The fourth-order valence-corrected chi connectivity index (χ4v) is 3.50. The molecule has 0 saturated carbocycles. The molecular weight excluding hydrogens is 316 g/mol. The summed E-state index contributed by atoms with van der Waals surface area (Å²) < 4.78 is 5.80. The standard InChI is InChI=1S/C16H20N2O2S2/c1-4-5-10(2)17-16(21)18-12-6-7-13-11(8-12)9-14(22-13)15(19)20-3/h6-10H,4-5H2,1-3H3,(H2,17,18,21)/t10-/m0/s1. The van der Waals surface area contributed by atoms with Crippen LogP contribution in [0.5, 0.6) is 0 Å². The number of rotatable bonds is 5. The molecule has 0 unspecified atom stereocenters. The van der Waals surface area contributed by atoms with E-state index < -0.39 is 0 Å².